The molecule has 1 N–H and O–H groups in total. The minimum atomic E-state index is -0.514. The molecule has 0 saturated carbocycles. The van der Waals surface area contributed by atoms with E-state index >= 15 is 0 Å². The van der Waals surface area contributed by atoms with E-state index in [4.69, 9.17) is 9.47 Å². The second-order valence-corrected chi connectivity index (χ2v) is 7.06. The van der Waals surface area contributed by atoms with Crippen molar-refractivity contribution in [2.75, 3.05) is 0 Å². The zero-order valence-electron chi connectivity index (χ0n) is 14.3. The van der Waals surface area contributed by atoms with Crippen molar-refractivity contribution in [3.8, 4) is 0 Å². The van der Waals surface area contributed by atoms with Crippen LogP contribution in [0.4, 0.5) is 0 Å². The molecule has 0 aromatic carbocycles. The lowest BCUT2D eigenvalue weighted by atomic mass is 10.1. The molecule has 0 radical (unpaired) electrons. The Morgan fingerprint density at radius 3 is 1.90 bits per heavy atom. The molecule has 0 aromatic heterocycles. The van der Waals surface area contributed by atoms with Gasteiger partial charge in [0.05, 0.1) is 6.04 Å². The lowest BCUT2D eigenvalue weighted by Crippen LogP contribution is -2.38. The second kappa shape index (κ2) is 7.48. The standard InChI is InChI=1S/C16H29NO4/c1-11(20-15(3,4)5)13(17-12(2)18)9-10-14(19)21-16(6,7)8/h13H,1,9-10H2,2-8H3,(H,17,18)/t13-/m0/s1. The summed E-state index contributed by atoms with van der Waals surface area (Å²) >= 11 is 0. The van der Waals surface area contributed by atoms with Crippen molar-refractivity contribution < 1.29 is 19.1 Å². The Morgan fingerprint density at radius 1 is 1.05 bits per heavy atom. The van der Waals surface area contributed by atoms with Crippen LogP contribution >= 0.6 is 0 Å². The Labute approximate surface area is 128 Å². The Bertz CT molecular complexity index is 388. The summed E-state index contributed by atoms with van der Waals surface area (Å²) in [5.74, 6) is -0.0504. The summed E-state index contributed by atoms with van der Waals surface area (Å²) in [7, 11) is 0. The molecule has 5 heteroatoms. The molecule has 0 unspecified atom stereocenters. The quantitative estimate of drug-likeness (QED) is 0.605. The Morgan fingerprint density at radius 2 is 1.52 bits per heavy atom. The average molecular weight is 299 g/mol. The predicted octanol–water partition coefficient (Wildman–Crippen LogP) is 2.94. The number of carbonyl (C=O) groups is 2. The molecule has 0 aliphatic carbocycles. The summed E-state index contributed by atoms with van der Waals surface area (Å²) in [5.41, 5.74) is -0.917. The normalized spacial score (nSPS) is 13.3. The zero-order valence-corrected chi connectivity index (χ0v) is 14.3. The van der Waals surface area contributed by atoms with Gasteiger partial charge in [0, 0.05) is 13.3 Å². The lowest BCUT2D eigenvalue weighted by Gasteiger charge is -2.28. The van der Waals surface area contributed by atoms with Gasteiger partial charge in [0.15, 0.2) is 0 Å². The summed E-state index contributed by atoms with van der Waals surface area (Å²) in [6.45, 7) is 16.4. The highest BCUT2D eigenvalue weighted by molar-refractivity contribution is 5.74. The van der Waals surface area contributed by atoms with Crippen molar-refractivity contribution in [3.05, 3.63) is 12.3 Å². The molecule has 0 fully saturated rings. The van der Waals surface area contributed by atoms with Crippen molar-refractivity contribution in [3.63, 3.8) is 0 Å². The molecule has 0 aromatic rings. The van der Waals surface area contributed by atoms with E-state index in [2.05, 4.69) is 11.9 Å². The van der Waals surface area contributed by atoms with Gasteiger partial charge in [-0.25, -0.2) is 0 Å². The summed E-state index contributed by atoms with van der Waals surface area (Å²) in [6, 6.07) is -0.408. The fourth-order valence-electron chi connectivity index (χ4n) is 1.68. The van der Waals surface area contributed by atoms with Crippen LogP contribution in [0.15, 0.2) is 12.3 Å². The summed E-state index contributed by atoms with van der Waals surface area (Å²) in [6.07, 6.45) is 0.581. The largest absolute Gasteiger partial charge is 0.491 e. The van der Waals surface area contributed by atoms with Crippen LogP contribution < -0.4 is 5.32 Å². The molecule has 21 heavy (non-hydrogen) atoms. The molecule has 1 atom stereocenters. The van der Waals surface area contributed by atoms with E-state index in [9.17, 15) is 9.59 Å². The van der Waals surface area contributed by atoms with E-state index in [0.717, 1.165) is 0 Å². The molecule has 1 amide bonds. The highest BCUT2D eigenvalue weighted by Gasteiger charge is 2.23. The maximum atomic E-state index is 11.8. The van der Waals surface area contributed by atoms with Crippen LogP contribution in [-0.2, 0) is 19.1 Å². The third-order valence-corrected chi connectivity index (χ3v) is 2.26. The number of nitrogens with one attached hydrogen (secondary N) is 1. The number of esters is 1. The van der Waals surface area contributed by atoms with Crippen molar-refractivity contribution in [1.29, 1.82) is 0 Å². The number of carbonyl (C=O) groups excluding carboxylic acids is 2. The minimum Gasteiger partial charge on any atom is -0.491 e. The first kappa shape index (κ1) is 19.5. The fraction of sp³-hybridized carbons (Fsp3) is 0.750. The lowest BCUT2D eigenvalue weighted by molar-refractivity contribution is -0.155. The smallest absolute Gasteiger partial charge is 0.306 e. The highest BCUT2D eigenvalue weighted by atomic mass is 16.6. The van der Waals surface area contributed by atoms with Crippen LogP contribution in [0, 0.1) is 0 Å². The van der Waals surface area contributed by atoms with E-state index in [0.29, 0.717) is 12.2 Å². The van der Waals surface area contributed by atoms with Gasteiger partial charge in [0.2, 0.25) is 5.91 Å². The molecular weight excluding hydrogens is 270 g/mol. The van der Waals surface area contributed by atoms with E-state index in [-0.39, 0.29) is 18.3 Å². The third-order valence-electron chi connectivity index (χ3n) is 2.26. The van der Waals surface area contributed by atoms with E-state index < -0.39 is 17.2 Å². The van der Waals surface area contributed by atoms with Crippen molar-refractivity contribution in [1.82, 2.24) is 5.32 Å². The number of ether oxygens (including phenoxy) is 2. The second-order valence-electron chi connectivity index (χ2n) is 7.06. The molecule has 0 saturated heterocycles. The SMILES string of the molecule is C=C(OC(C)(C)C)[C@H](CCC(=O)OC(C)(C)C)NC(C)=O. The number of amides is 1. The number of hydrogen-bond acceptors (Lipinski definition) is 4. The number of rotatable bonds is 6. The van der Waals surface area contributed by atoms with Crippen LogP contribution in [-0.4, -0.2) is 29.1 Å². The number of hydrogen-bond donors (Lipinski definition) is 1. The van der Waals surface area contributed by atoms with Gasteiger partial charge in [-0.15, -0.1) is 0 Å². The Hall–Kier alpha value is -1.52. The van der Waals surface area contributed by atoms with Gasteiger partial charge in [-0.05, 0) is 48.0 Å². The van der Waals surface area contributed by atoms with Gasteiger partial charge >= 0.3 is 5.97 Å². The van der Waals surface area contributed by atoms with E-state index in [1.807, 2.05) is 41.5 Å². The average Bonchev–Trinajstić information content (AvgIpc) is 2.18. The molecule has 0 aliphatic rings. The van der Waals surface area contributed by atoms with Gasteiger partial charge < -0.3 is 14.8 Å². The van der Waals surface area contributed by atoms with Gasteiger partial charge in [-0.1, -0.05) is 6.58 Å². The van der Waals surface area contributed by atoms with Gasteiger partial charge in [-0.2, -0.15) is 0 Å². The fourth-order valence-corrected chi connectivity index (χ4v) is 1.68. The zero-order chi connectivity index (χ0) is 16.8. The third kappa shape index (κ3) is 10.9. The molecule has 0 aliphatic heterocycles. The van der Waals surface area contributed by atoms with E-state index in [1.165, 1.54) is 6.92 Å². The summed E-state index contributed by atoms with van der Waals surface area (Å²) in [4.78, 5) is 23.0. The topological polar surface area (TPSA) is 64.6 Å². The molecule has 0 heterocycles. The van der Waals surface area contributed by atoms with Crippen LogP contribution in [0.3, 0.4) is 0 Å². The summed E-state index contributed by atoms with van der Waals surface area (Å²) < 4.78 is 10.9. The first-order chi connectivity index (χ1) is 9.30. The predicted molar refractivity (Wildman–Crippen MR) is 82.7 cm³/mol. The molecule has 0 bridgehead atoms. The Balaban J connectivity index is 4.60. The van der Waals surface area contributed by atoms with Gasteiger partial charge in [0.25, 0.3) is 0 Å². The van der Waals surface area contributed by atoms with Crippen LogP contribution in [0.5, 0.6) is 0 Å². The van der Waals surface area contributed by atoms with Gasteiger partial charge in [-0.3, -0.25) is 9.59 Å². The molecular formula is C16H29NO4. The van der Waals surface area contributed by atoms with Crippen LogP contribution in [0.1, 0.15) is 61.3 Å². The maximum Gasteiger partial charge on any atom is 0.306 e. The van der Waals surface area contributed by atoms with Crippen LogP contribution in [0.2, 0.25) is 0 Å². The van der Waals surface area contributed by atoms with Gasteiger partial charge in [0.1, 0.15) is 17.0 Å². The molecule has 0 rings (SSSR count). The molecule has 5 nitrogen and oxygen atoms in total. The van der Waals surface area contributed by atoms with Crippen molar-refractivity contribution in [2.45, 2.75) is 78.6 Å². The monoisotopic (exact) mass is 299 g/mol. The van der Waals surface area contributed by atoms with Crippen molar-refractivity contribution in [2.24, 2.45) is 0 Å². The first-order valence-corrected chi connectivity index (χ1v) is 7.17. The Kier molecular flexibility index (Phi) is 6.94. The van der Waals surface area contributed by atoms with E-state index in [1.54, 1.807) is 0 Å². The first-order valence-electron chi connectivity index (χ1n) is 7.17. The highest BCUT2D eigenvalue weighted by Crippen LogP contribution is 2.18. The van der Waals surface area contributed by atoms with Crippen LogP contribution in [0.25, 0.3) is 0 Å². The summed E-state index contributed by atoms with van der Waals surface area (Å²) in [5, 5.41) is 2.75. The van der Waals surface area contributed by atoms with Crippen molar-refractivity contribution >= 4 is 11.9 Å². The maximum absolute atomic E-state index is 11.8. The molecule has 122 valence electrons. The minimum absolute atomic E-state index is 0.189. The molecule has 0 spiro atoms.